The molecule has 3 atom stereocenters. The number of rotatable bonds is 5. The number of carbonyl (C=O) groups is 2. The fourth-order valence-corrected chi connectivity index (χ4v) is 4.22. The summed E-state index contributed by atoms with van der Waals surface area (Å²) >= 11 is 0. The van der Waals surface area contributed by atoms with Gasteiger partial charge in [-0.25, -0.2) is 4.79 Å². The number of non-ortho nitro benzene ring substituents is 1. The SMILES string of the molecule is CC1=C(C(=O)C[C@H]2CCC[C@@H](C)C2)[C@@H](c2ccc([N+](=O)[O-])cc2)NC(=O)N1. The summed E-state index contributed by atoms with van der Waals surface area (Å²) < 4.78 is 0. The van der Waals surface area contributed by atoms with Gasteiger partial charge in [0.25, 0.3) is 5.69 Å². The number of allylic oxidation sites excluding steroid dienone is 1. The summed E-state index contributed by atoms with van der Waals surface area (Å²) in [5.41, 5.74) is 1.73. The molecule has 0 radical (unpaired) electrons. The first-order valence-electron chi connectivity index (χ1n) is 9.41. The number of hydrogen-bond donors (Lipinski definition) is 2. The molecule has 2 N–H and O–H groups in total. The van der Waals surface area contributed by atoms with Gasteiger partial charge in [0, 0.05) is 29.8 Å². The van der Waals surface area contributed by atoms with E-state index in [1.54, 1.807) is 19.1 Å². The second-order valence-corrected chi connectivity index (χ2v) is 7.68. The predicted molar refractivity (Wildman–Crippen MR) is 101 cm³/mol. The third kappa shape index (κ3) is 4.35. The quantitative estimate of drug-likeness (QED) is 0.603. The zero-order valence-electron chi connectivity index (χ0n) is 15.7. The first-order valence-corrected chi connectivity index (χ1v) is 9.41. The third-order valence-corrected chi connectivity index (χ3v) is 5.53. The van der Waals surface area contributed by atoms with Crippen LogP contribution in [0.5, 0.6) is 0 Å². The van der Waals surface area contributed by atoms with Crippen LogP contribution in [0.25, 0.3) is 0 Å². The third-order valence-electron chi connectivity index (χ3n) is 5.53. The van der Waals surface area contributed by atoms with E-state index in [-0.39, 0.29) is 17.5 Å². The van der Waals surface area contributed by atoms with E-state index in [9.17, 15) is 19.7 Å². The molecule has 1 aliphatic carbocycles. The van der Waals surface area contributed by atoms with Crippen LogP contribution in [-0.2, 0) is 4.79 Å². The van der Waals surface area contributed by atoms with Crippen molar-refractivity contribution in [3.63, 3.8) is 0 Å². The average molecular weight is 371 g/mol. The highest BCUT2D eigenvalue weighted by Gasteiger charge is 2.33. The lowest BCUT2D eigenvalue weighted by Gasteiger charge is -2.31. The zero-order valence-corrected chi connectivity index (χ0v) is 15.7. The molecule has 1 saturated carbocycles. The number of nitrogens with zero attached hydrogens (tertiary/aromatic N) is 1. The molecule has 27 heavy (non-hydrogen) atoms. The number of nitrogens with one attached hydrogen (secondary N) is 2. The summed E-state index contributed by atoms with van der Waals surface area (Å²) in [6, 6.07) is 5.01. The maximum Gasteiger partial charge on any atom is 0.319 e. The van der Waals surface area contributed by atoms with Crippen molar-refractivity contribution in [1.82, 2.24) is 10.6 Å². The zero-order chi connectivity index (χ0) is 19.6. The largest absolute Gasteiger partial charge is 0.327 e. The van der Waals surface area contributed by atoms with Crippen molar-refractivity contribution in [1.29, 1.82) is 0 Å². The molecule has 1 heterocycles. The van der Waals surface area contributed by atoms with Gasteiger partial charge in [-0.3, -0.25) is 14.9 Å². The molecule has 0 spiro atoms. The van der Waals surface area contributed by atoms with Crippen molar-refractivity contribution in [2.24, 2.45) is 11.8 Å². The summed E-state index contributed by atoms with van der Waals surface area (Å²) in [6.07, 6.45) is 4.95. The second kappa shape index (κ2) is 7.90. The standard InChI is InChI=1S/C20H25N3O4/c1-12-4-3-5-14(10-12)11-17(24)18-13(2)21-20(25)22-19(18)15-6-8-16(9-7-15)23(26)27/h6-9,12,14,19H,3-5,10-11H2,1-2H3,(H2,21,22,25)/t12-,14+,19-/m1/s1. The van der Waals surface area contributed by atoms with E-state index in [1.807, 2.05) is 0 Å². The highest BCUT2D eigenvalue weighted by Crippen LogP contribution is 2.34. The first-order chi connectivity index (χ1) is 12.8. The molecule has 1 aliphatic heterocycles. The summed E-state index contributed by atoms with van der Waals surface area (Å²) in [4.78, 5) is 35.5. The van der Waals surface area contributed by atoms with Crippen LogP contribution in [0.4, 0.5) is 10.5 Å². The Balaban J connectivity index is 1.85. The lowest BCUT2D eigenvalue weighted by molar-refractivity contribution is -0.384. The van der Waals surface area contributed by atoms with Crippen LogP contribution in [0.1, 0.15) is 57.6 Å². The predicted octanol–water partition coefficient (Wildman–Crippen LogP) is 4.01. The molecule has 1 aromatic carbocycles. The van der Waals surface area contributed by atoms with Gasteiger partial charge in [-0.2, -0.15) is 0 Å². The second-order valence-electron chi connectivity index (χ2n) is 7.68. The molecule has 144 valence electrons. The molecule has 0 aromatic heterocycles. The Labute approximate surface area is 158 Å². The van der Waals surface area contributed by atoms with Gasteiger partial charge in [0.05, 0.1) is 11.0 Å². The van der Waals surface area contributed by atoms with E-state index in [2.05, 4.69) is 17.6 Å². The molecule has 0 bridgehead atoms. The van der Waals surface area contributed by atoms with Gasteiger partial charge in [0.2, 0.25) is 0 Å². The lowest BCUT2D eigenvalue weighted by Crippen LogP contribution is -2.45. The van der Waals surface area contributed by atoms with Gasteiger partial charge in [-0.15, -0.1) is 0 Å². The van der Waals surface area contributed by atoms with E-state index in [4.69, 9.17) is 0 Å². The Kier molecular flexibility index (Phi) is 5.58. The van der Waals surface area contributed by atoms with E-state index >= 15 is 0 Å². The van der Waals surface area contributed by atoms with Crippen LogP contribution >= 0.6 is 0 Å². The number of nitro benzene ring substituents is 1. The number of carbonyl (C=O) groups excluding carboxylic acids is 2. The van der Waals surface area contributed by atoms with Crippen LogP contribution < -0.4 is 10.6 Å². The molecule has 2 aliphatic rings. The molecule has 7 heteroatoms. The highest BCUT2D eigenvalue weighted by atomic mass is 16.6. The van der Waals surface area contributed by atoms with E-state index in [0.717, 1.165) is 19.3 Å². The van der Waals surface area contributed by atoms with Gasteiger partial charge >= 0.3 is 6.03 Å². The maximum atomic E-state index is 13.1. The molecular formula is C20H25N3O4. The van der Waals surface area contributed by atoms with Crippen molar-refractivity contribution in [3.8, 4) is 0 Å². The van der Waals surface area contributed by atoms with Gasteiger partial charge in [0.15, 0.2) is 5.78 Å². The smallest absolute Gasteiger partial charge is 0.319 e. The molecule has 0 saturated heterocycles. The number of amides is 2. The van der Waals surface area contributed by atoms with Crippen molar-refractivity contribution in [2.75, 3.05) is 0 Å². The summed E-state index contributed by atoms with van der Waals surface area (Å²) in [5, 5.41) is 16.4. The molecule has 7 nitrogen and oxygen atoms in total. The number of nitro groups is 1. The van der Waals surface area contributed by atoms with Gasteiger partial charge in [0.1, 0.15) is 0 Å². The highest BCUT2D eigenvalue weighted by molar-refractivity contribution is 6.00. The van der Waals surface area contributed by atoms with Crippen LogP contribution in [0.2, 0.25) is 0 Å². The minimum Gasteiger partial charge on any atom is -0.327 e. The number of ketones is 1. The van der Waals surface area contributed by atoms with Crippen molar-refractivity contribution >= 4 is 17.5 Å². The summed E-state index contributed by atoms with van der Waals surface area (Å²) in [6.45, 7) is 3.96. The van der Waals surface area contributed by atoms with Crippen molar-refractivity contribution in [2.45, 2.75) is 52.0 Å². The van der Waals surface area contributed by atoms with Gasteiger partial charge in [-0.05, 0) is 49.3 Å². The Morgan fingerprint density at radius 1 is 1.26 bits per heavy atom. The van der Waals surface area contributed by atoms with Crippen LogP contribution in [0.3, 0.4) is 0 Å². The van der Waals surface area contributed by atoms with Gasteiger partial charge in [-0.1, -0.05) is 19.8 Å². The maximum absolute atomic E-state index is 13.1. The van der Waals surface area contributed by atoms with Crippen molar-refractivity contribution in [3.05, 3.63) is 51.2 Å². The van der Waals surface area contributed by atoms with E-state index in [1.165, 1.54) is 18.6 Å². The van der Waals surface area contributed by atoms with E-state index in [0.29, 0.717) is 35.1 Å². The monoisotopic (exact) mass is 371 g/mol. The fourth-order valence-electron chi connectivity index (χ4n) is 4.22. The van der Waals surface area contributed by atoms with E-state index < -0.39 is 11.0 Å². The Morgan fingerprint density at radius 2 is 1.96 bits per heavy atom. The summed E-state index contributed by atoms with van der Waals surface area (Å²) in [5.74, 6) is 1.04. The van der Waals surface area contributed by atoms with Crippen LogP contribution in [0.15, 0.2) is 35.5 Å². The molecule has 1 fully saturated rings. The topological polar surface area (TPSA) is 101 Å². The Bertz CT molecular complexity index is 785. The number of Topliss-reactive ketones (excluding diaryl/α,β-unsaturated/α-hetero) is 1. The first kappa shape index (κ1) is 19.1. The molecule has 1 aromatic rings. The van der Waals surface area contributed by atoms with Crippen LogP contribution in [0, 0.1) is 22.0 Å². The molecule has 0 unspecified atom stereocenters. The number of urea groups is 1. The van der Waals surface area contributed by atoms with Crippen molar-refractivity contribution < 1.29 is 14.5 Å². The number of benzene rings is 1. The number of hydrogen-bond acceptors (Lipinski definition) is 4. The molecular weight excluding hydrogens is 346 g/mol. The average Bonchev–Trinajstić information content (AvgIpc) is 2.61. The molecule has 3 rings (SSSR count). The lowest BCUT2D eigenvalue weighted by atomic mass is 9.78. The van der Waals surface area contributed by atoms with Crippen LogP contribution in [-0.4, -0.2) is 16.7 Å². The summed E-state index contributed by atoms with van der Waals surface area (Å²) in [7, 11) is 0. The fraction of sp³-hybridized carbons (Fsp3) is 0.500. The normalized spacial score (nSPS) is 25.6. The Hall–Kier alpha value is -2.70. The minimum atomic E-state index is -0.590. The molecule has 2 amide bonds. The minimum absolute atomic E-state index is 0.0243. The van der Waals surface area contributed by atoms with Gasteiger partial charge < -0.3 is 10.6 Å². The Morgan fingerprint density at radius 3 is 2.59 bits per heavy atom.